The molecule has 0 saturated carbocycles. The second kappa shape index (κ2) is 3.52. The van der Waals surface area contributed by atoms with Crippen molar-refractivity contribution in [1.29, 1.82) is 0 Å². The van der Waals surface area contributed by atoms with Crippen LogP contribution in [-0.4, -0.2) is 42.1 Å². The Kier molecular flexibility index (Phi) is 2.44. The van der Waals surface area contributed by atoms with Gasteiger partial charge in [0, 0.05) is 6.42 Å². The fraction of sp³-hybridized carbons (Fsp3) is 0.917. The van der Waals surface area contributed by atoms with Gasteiger partial charge in [-0.05, 0) is 27.7 Å². The van der Waals surface area contributed by atoms with Crippen LogP contribution < -0.4 is 0 Å². The molecule has 6 heteroatoms. The Morgan fingerprint density at radius 1 is 1.06 bits per heavy atom. The van der Waals surface area contributed by atoms with Crippen LogP contribution in [0.15, 0.2) is 0 Å². The summed E-state index contributed by atoms with van der Waals surface area (Å²) in [6, 6.07) is 0. The van der Waals surface area contributed by atoms with E-state index in [1.165, 1.54) is 0 Å². The Balaban J connectivity index is 1.82. The van der Waals surface area contributed by atoms with Crippen molar-refractivity contribution in [2.24, 2.45) is 0 Å². The van der Waals surface area contributed by atoms with Crippen LogP contribution >= 0.6 is 0 Å². The number of Topliss-reactive ketones (excluding diaryl/α,β-unsaturated/α-hetero) is 1. The van der Waals surface area contributed by atoms with E-state index in [1.807, 2.05) is 0 Å². The lowest BCUT2D eigenvalue weighted by Gasteiger charge is -2.35. The maximum atomic E-state index is 12.2. The molecular formula is C12H18O6. The number of hydrogen-bond acceptors (Lipinski definition) is 6. The zero-order valence-electron chi connectivity index (χ0n) is 11.0. The van der Waals surface area contributed by atoms with Crippen LogP contribution in [0.3, 0.4) is 0 Å². The van der Waals surface area contributed by atoms with Crippen LogP contribution in [0, 0.1) is 0 Å². The number of hydrogen-bond donors (Lipinski definition) is 0. The van der Waals surface area contributed by atoms with Gasteiger partial charge in [0.1, 0.15) is 12.7 Å². The molecule has 0 aromatic heterocycles. The first kappa shape index (κ1) is 12.5. The predicted octanol–water partition coefficient (Wildman–Crippen LogP) is 0.933. The van der Waals surface area contributed by atoms with Crippen LogP contribution in [0.25, 0.3) is 0 Å². The van der Waals surface area contributed by atoms with Gasteiger partial charge in [0.05, 0.1) is 0 Å². The molecule has 0 radical (unpaired) electrons. The molecule has 3 aliphatic heterocycles. The summed E-state index contributed by atoms with van der Waals surface area (Å²) in [5.41, 5.74) is 0. The van der Waals surface area contributed by atoms with E-state index in [2.05, 4.69) is 0 Å². The number of rotatable bonds is 0. The van der Waals surface area contributed by atoms with Gasteiger partial charge >= 0.3 is 0 Å². The van der Waals surface area contributed by atoms with Crippen LogP contribution in [0.4, 0.5) is 0 Å². The monoisotopic (exact) mass is 258 g/mol. The van der Waals surface area contributed by atoms with E-state index < -0.39 is 23.7 Å². The molecule has 0 aromatic rings. The molecule has 0 aliphatic carbocycles. The normalized spacial score (nSPS) is 45.4. The third-order valence-corrected chi connectivity index (χ3v) is 3.28. The molecular weight excluding hydrogens is 240 g/mol. The second-order valence-corrected chi connectivity index (χ2v) is 5.83. The SMILES string of the molecule is CC1(C)O[C@H]2O[C@]3(COC(C)(C)O3)C(=O)C[C@H]2O1. The number of carbonyl (C=O) groups excluding carboxylic acids is 1. The topological polar surface area (TPSA) is 63.2 Å². The highest BCUT2D eigenvalue weighted by atomic mass is 16.9. The van der Waals surface area contributed by atoms with Gasteiger partial charge in [0.15, 0.2) is 23.6 Å². The lowest BCUT2D eigenvalue weighted by atomic mass is 10.0. The van der Waals surface area contributed by atoms with Crippen molar-refractivity contribution in [3.63, 3.8) is 0 Å². The molecule has 0 bridgehead atoms. The van der Waals surface area contributed by atoms with Crippen molar-refractivity contribution in [3.8, 4) is 0 Å². The van der Waals surface area contributed by atoms with E-state index in [1.54, 1.807) is 27.7 Å². The molecule has 3 aliphatic rings. The van der Waals surface area contributed by atoms with E-state index in [9.17, 15) is 4.79 Å². The van der Waals surface area contributed by atoms with Crippen molar-refractivity contribution in [2.75, 3.05) is 6.61 Å². The van der Waals surface area contributed by atoms with Gasteiger partial charge in [-0.3, -0.25) is 4.79 Å². The van der Waals surface area contributed by atoms with Gasteiger partial charge < -0.3 is 23.7 Å². The third kappa shape index (κ3) is 1.88. The highest BCUT2D eigenvalue weighted by Crippen LogP contribution is 2.43. The van der Waals surface area contributed by atoms with Gasteiger partial charge in [-0.25, -0.2) is 0 Å². The van der Waals surface area contributed by atoms with Gasteiger partial charge in [0.2, 0.25) is 0 Å². The van der Waals surface area contributed by atoms with Crippen molar-refractivity contribution in [2.45, 2.75) is 63.9 Å². The Bertz CT molecular complexity index is 390. The van der Waals surface area contributed by atoms with Crippen molar-refractivity contribution in [3.05, 3.63) is 0 Å². The first-order valence-corrected chi connectivity index (χ1v) is 6.12. The summed E-state index contributed by atoms with van der Waals surface area (Å²) >= 11 is 0. The highest BCUT2D eigenvalue weighted by Gasteiger charge is 2.60. The maximum Gasteiger partial charge on any atom is 0.258 e. The zero-order chi connectivity index (χ0) is 13.2. The Morgan fingerprint density at radius 2 is 1.78 bits per heavy atom. The standard InChI is InChI=1S/C12H18O6/c1-10(2)14-6-12(18-10)8(13)5-7-9(17-12)16-11(3,4)15-7/h7,9H,5-6H2,1-4H3/t7-,9+,12+/m1/s1. The summed E-state index contributed by atoms with van der Waals surface area (Å²) in [5, 5.41) is 0. The van der Waals surface area contributed by atoms with Gasteiger partial charge in [-0.15, -0.1) is 0 Å². The Hall–Kier alpha value is -0.530. The molecule has 3 heterocycles. The molecule has 3 rings (SSSR count). The Morgan fingerprint density at radius 3 is 2.39 bits per heavy atom. The predicted molar refractivity (Wildman–Crippen MR) is 58.4 cm³/mol. The maximum absolute atomic E-state index is 12.2. The second-order valence-electron chi connectivity index (χ2n) is 5.83. The van der Waals surface area contributed by atoms with E-state index in [0.717, 1.165) is 0 Å². The molecule has 3 atom stereocenters. The smallest absolute Gasteiger partial charge is 0.258 e. The molecule has 0 aromatic carbocycles. The molecule has 0 amide bonds. The van der Waals surface area contributed by atoms with Crippen molar-refractivity contribution >= 4 is 5.78 Å². The quantitative estimate of drug-likeness (QED) is 0.644. The zero-order valence-corrected chi connectivity index (χ0v) is 11.0. The summed E-state index contributed by atoms with van der Waals surface area (Å²) in [7, 11) is 0. The molecule has 0 N–H and O–H groups in total. The third-order valence-electron chi connectivity index (χ3n) is 3.28. The van der Waals surface area contributed by atoms with Crippen LogP contribution in [-0.2, 0) is 28.5 Å². The summed E-state index contributed by atoms with van der Waals surface area (Å²) in [5.74, 6) is -3.06. The lowest BCUT2D eigenvalue weighted by Crippen LogP contribution is -2.55. The minimum atomic E-state index is -1.34. The summed E-state index contributed by atoms with van der Waals surface area (Å²) in [6.07, 6.45) is -0.742. The molecule has 102 valence electrons. The number of fused-ring (bicyclic) bond motifs is 1. The minimum Gasteiger partial charge on any atom is -0.344 e. The summed E-state index contributed by atoms with van der Waals surface area (Å²) in [4.78, 5) is 12.2. The average Bonchev–Trinajstić information content (AvgIpc) is 2.65. The first-order valence-electron chi connectivity index (χ1n) is 6.12. The molecule has 3 fully saturated rings. The van der Waals surface area contributed by atoms with Crippen molar-refractivity contribution < 1.29 is 28.5 Å². The largest absolute Gasteiger partial charge is 0.344 e. The fourth-order valence-electron chi connectivity index (χ4n) is 2.55. The number of ether oxygens (including phenoxy) is 5. The average molecular weight is 258 g/mol. The number of carbonyl (C=O) groups is 1. The van der Waals surface area contributed by atoms with Gasteiger partial charge in [-0.2, -0.15) is 0 Å². The molecule has 18 heavy (non-hydrogen) atoms. The van der Waals surface area contributed by atoms with E-state index in [-0.39, 0.29) is 24.9 Å². The van der Waals surface area contributed by atoms with Crippen LogP contribution in [0.2, 0.25) is 0 Å². The van der Waals surface area contributed by atoms with E-state index in [4.69, 9.17) is 23.7 Å². The highest BCUT2D eigenvalue weighted by molar-refractivity contribution is 5.87. The molecule has 6 nitrogen and oxygen atoms in total. The molecule has 3 saturated heterocycles. The van der Waals surface area contributed by atoms with E-state index >= 15 is 0 Å². The first-order chi connectivity index (χ1) is 8.22. The van der Waals surface area contributed by atoms with Crippen molar-refractivity contribution in [1.82, 2.24) is 0 Å². The molecule has 0 unspecified atom stereocenters. The van der Waals surface area contributed by atoms with Crippen LogP contribution in [0.1, 0.15) is 34.1 Å². The van der Waals surface area contributed by atoms with Gasteiger partial charge in [0.25, 0.3) is 5.79 Å². The molecule has 1 spiro atoms. The summed E-state index contributed by atoms with van der Waals surface area (Å²) in [6.45, 7) is 7.18. The summed E-state index contributed by atoms with van der Waals surface area (Å²) < 4.78 is 28.0. The Labute approximate surface area is 105 Å². The van der Waals surface area contributed by atoms with E-state index in [0.29, 0.717) is 0 Å². The van der Waals surface area contributed by atoms with Gasteiger partial charge in [-0.1, -0.05) is 0 Å². The number of ketones is 1. The minimum absolute atomic E-state index is 0.0891. The lowest BCUT2D eigenvalue weighted by molar-refractivity contribution is -0.309. The fourth-order valence-corrected chi connectivity index (χ4v) is 2.55. The van der Waals surface area contributed by atoms with Crippen LogP contribution in [0.5, 0.6) is 0 Å².